The highest BCUT2D eigenvalue weighted by Crippen LogP contribution is 2.30. The van der Waals surface area contributed by atoms with Gasteiger partial charge in [0, 0.05) is 13.6 Å². The smallest absolute Gasteiger partial charge is 0.329 e. The Morgan fingerprint density at radius 2 is 2.35 bits per heavy atom. The van der Waals surface area contributed by atoms with Crippen LogP contribution < -0.4 is 10.6 Å². The minimum Gasteiger partial charge on any atom is -0.368 e. The largest absolute Gasteiger partial charge is 0.368 e. The number of nitrogens with zero attached hydrogens (tertiary/aromatic N) is 4. The van der Waals surface area contributed by atoms with E-state index in [4.69, 9.17) is 5.73 Å². The lowest BCUT2D eigenvalue weighted by molar-refractivity contribution is -0.384. The van der Waals surface area contributed by atoms with Crippen LogP contribution in [-0.4, -0.2) is 28.5 Å². The van der Waals surface area contributed by atoms with Crippen LogP contribution in [0.15, 0.2) is 6.20 Å². The van der Waals surface area contributed by atoms with E-state index in [1.165, 1.54) is 19.3 Å². The molecule has 0 aliphatic heterocycles. The van der Waals surface area contributed by atoms with Gasteiger partial charge in [-0.3, -0.25) is 10.1 Å². The van der Waals surface area contributed by atoms with Crippen molar-refractivity contribution in [3.8, 4) is 0 Å². The second-order valence-corrected chi connectivity index (χ2v) is 4.37. The summed E-state index contributed by atoms with van der Waals surface area (Å²) in [6.45, 7) is 0.775. The average Bonchev–Trinajstić information content (AvgIpc) is 2.22. The Kier molecular flexibility index (Phi) is 3.08. The first-order valence-electron chi connectivity index (χ1n) is 5.56. The summed E-state index contributed by atoms with van der Waals surface area (Å²) in [5.74, 6) is 0.969. The first-order valence-corrected chi connectivity index (χ1v) is 5.56. The third kappa shape index (κ3) is 2.43. The van der Waals surface area contributed by atoms with Crippen LogP contribution in [0.4, 0.5) is 17.5 Å². The van der Waals surface area contributed by atoms with Crippen molar-refractivity contribution in [2.24, 2.45) is 5.92 Å². The van der Waals surface area contributed by atoms with Crippen molar-refractivity contribution in [2.75, 3.05) is 24.2 Å². The standard InChI is InChI=1S/C10H15N5O2/c1-14(6-7-3-2-4-7)9-8(15(16)17)5-12-10(11)13-9/h5,7H,2-4,6H2,1H3,(H2,11,12,13). The van der Waals surface area contributed by atoms with Gasteiger partial charge in [-0.05, 0) is 18.8 Å². The molecule has 2 rings (SSSR count). The van der Waals surface area contributed by atoms with Gasteiger partial charge in [0.25, 0.3) is 0 Å². The molecule has 1 heterocycles. The van der Waals surface area contributed by atoms with E-state index in [1.807, 2.05) is 0 Å². The number of hydrogen-bond donors (Lipinski definition) is 1. The second-order valence-electron chi connectivity index (χ2n) is 4.37. The molecule has 0 spiro atoms. The fraction of sp³-hybridized carbons (Fsp3) is 0.600. The third-order valence-electron chi connectivity index (χ3n) is 3.08. The summed E-state index contributed by atoms with van der Waals surface area (Å²) in [6.07, 6.45) is 4.76. The van der Waals surface area contributed by atoms with Crippen LogP contribution in [0.5, 0.6) is 0 Å². The molecule has 0 aromatic carbocycles. The topological polar surface area (TPSA) is 98.2 Å². The highest BCUT2D eigenvalue weighted by atomic mass is 16.6. The maximum atomic E-state index is 10.9. The highest BCUT2D eigenvalue weighted by molar-refractivity contribution is 5.57. The minimum absolute atomic E-state index is 0.0612. The fourth-order valence-electron chi connectivity index (χ4n) is 1.94. The minimum atomic E-state index is -0.480. The number of rotatable bonds is 4. The Bertz CT molecular complexity index is 433. The van der Waals surface area contributed by atoms with E-state index in [-0.39, 0.29) is 11.6 Å². The predicted octanol–water partition coefficient (Wildman–Crippen LogP) is 1.20. The lowest BCUT2D eigenvalue weighted by Crippen LogP contribution is -2.30. The molecule has 0 bridgehead atoms. The van der Waals surface area contributed by atoms with E-state index < -0.39 is 4.92 Å². The van der Waals surface area contributed by atoms with Crippen LogP contribution in [0.3, 0.4) is 0 Å². The second kappa shape index (κ2) is 4.52. The van der Waals surface area contributed by atoms with Crippen LogP contribution in [0.25, 0.3) is 0 Å². The highest BCUT2D eigenvalue weighted by Gasteiger charge is 2.24. The Balaban J connectivity index is 2.21. The number of hydrogen-bond acceptors (Lipinski definition) is 6. The zero-order chi connectivity index (χ0) is 12.4. The Morgan fingerprint density at radius 1 is 1.65 bits per heavy atom. The summed E-state index contributed by atoms with van der Waals surface area (Å²) < 4.78 is 0. The van der Waals surface area contributed by atoms with Crippen LogP contribution >= 0.6 is 0 Å². The maximum Gasteiger partial charge on any atom is 0.329 e. The molecule has 0 radical (unpaired) electrons. The molecule has 1 aliphatic carbocycles. The van der Waals surface area contributed by atoms with Gasteiger partial charge in [0.2, 0.25) is 11.8 Å². The molecule has 7 nitrogen and oxygen atoms in total. The molecule has 92 valence electrons. The van der Waals surface area contributed by atoms with Crippen molar-refractivity contribution in [1.29, 1.82) is 0 Å². The van der Waals surface area contributed by atoms with Crippen LogP contribution in [0, 0.1) is 16.0 Å². The quantitative estimate of drug-likeness (QED) is 0.624. The van der Waals surface area contributed by atoms with Crippen LogP contribution in [0.1, 0.15) is 19.3 Å². The van der Waals surface area contributed by atoms with Gasteiger partial charge >= 0.3 is 5.69 Å². The van der Waals surface area contributed by atoms with E-state index in [1.54, 1.807) is 11.9 Å². The van der Waals surface area contributed by atoms with Gasteiger partial charge in [-0.25, -0.2) is 4.98 Å². The third-order valence-corrected chi connectivity index (χ3v) is 3.08. The zero-order valence-corrected chi connectivity index (χ0v) is 9.67. The lowest BCUT2D eigenvalue weighted by Gasteiger charge is -2.30. The number of nitrogen functional groups attached to an aromatic ring is 1. The van der Waals surface area contributed by atoms with Gasteiger partial charge in [-0.2, -0.15) is 4.98 Å². The first kappa shape index (κ1) is 11.6. The van der Waals surface area contributed by atoms with Crippen molar-refractivity contribution in [2.45, 2.75) is 19.3 Å². The fourth-order valence-corrected chi connectivity index (χ4v) is 1.94. The van der Waals surface area contributed by atoms with Crippen molar-refractivity contribution in [3.63, 3.8) is 0 Å². The molecule has 7 heteroatoms. The molecule has 0 amide bonds. The van der Waals surface area contributed by atoms with E-state index >= 15 is 0 Å². The first-order chi connectivity index (χ1) is 8.08. The molecule has 1 aromatic rings. The zero-order valence-electron chi connectivity index (χ0n) is 9.67. The molecule has 0 saturated heterocycles. The Hall–Kier alpha value is -1.92. The summed E-state index contributed by atoms with van der Waals surface area (Å²) >= 11 is 0. The monoisotopic (exact) mass is 237 g/mol. The maximum absolute atomic E-state index is 10.9. The molecule has 1 aromatic heterocycles. The average molecular weight is 237 g/mol. The molecular formula is C10H15N5O2. The molecule has 2 N–H and O–H groups in total. The normalized spacial score (nSPS) is 15.4. The Labute approximate surface area is 98.8 Å². The predicted molar refractivity (Wildman–Crippen MR) is 63.7 cm³/mol. The van der Waals surface area contributed by atoms with Gasteiger partial charge in [-0.1, -0.05) is 6.42 Å². The van der Waals surface area contributed by atoms with Gasteiger partial charge in [0.05, 0.1) is 4.92 Å². The van der Waals surface area contributed by atoms with Crippen LogP contribution in [-0.2, 0) is 0 Å². The molecule has 1 fully saturated rings. The lowest BCUT2D eigenvalue weighted by atomic mass is 9.85. The molecule has 1 aliphatic rings. The van der Waals surface area contributed by atoms with Gasteiger partial charge in [0.15, 0.2) is 0 Å². The number of nitrogens with two attached hydrogens (primary N) is 1. The molecule has 17 heavy (non-hydrogen) atoms. The molecule has 1 saturated carbocycles. The van der Waals surface area contributed by atoms with Gasteiger partial charge < -0.3 is 10.6 Å². The summed E-state index contributed by atoms with van der Waals surface area (Å²) in [7, 11) is 1.80. The van der Waals surface area contributed by atoms with Crippen molar-refractivity contribution >= 4 is 17.5 Å². The van der Waals surface area contributed by atoms with E-state index in [0.717, 1.165) is 12.7 Å². The summed E-state index contributed by atoms with van der Waals surface area (Å²) in [5.41, 5.74) is 5.37. The number of anilines is 2. The van der Waals surface area contributed by atoms with Crippen molar-refractivity contribution < 1.29 is 4.92 Å². The van der Waals surface area contributed by atoms with Crippen LogP contribution in [0.2, 0.25) is 0 Å². The van der Waals surface area contributed by atoms with E-state index in [9.17, 15) is 10.1 Å². The van der Waals surface area contributed by atoms with Gasteiger partial charge in [-0.15, -0.1) is 0 Å². The number of nitro groups is 1. The summed E-state index contributed by atoms with van der Waals surface area (Å²) in [4.78, 5) is 19.8. The molecular weight excluding hydrogens is 222 g/mol. The van der Waals surface area contributed by atoms with Crippen molar-refractivity contribution in [3.05, 3.63) is 16.3 Å². The summed E-state index contributed by atoms with van der Waals surface area (Å²) in [6, 6.07) is 0. The SMILES string of the molecule is CN(CC1CCC1)c1nc(N)ncc1[N+](=O)[O-]. The molecule has 0 atom stereocenters. The number of aromatic nitrogens is 2. The molecule has 0 unspecified atom stereocenters. The summed E-state index contributed by atoms with van der Waals surface area (Å²) in [5, 5.41) is 10.9. The van der Waals surface area contributed by atoms with E-state index in [2.05, 4.69) is 9.97 Å². The van der Waals surface area contributed by atoms with E-state index in [0.29, 0.717) is 11.7 Å². The Morgan fingerprint density at radius 3 is 2.88 bits per heavy atom. The van der Waals surface area contributed by atoms with Gasteiger partial charge in [0.1, 0.15) is 6.20 Å². The van der Waals surface area contributed by atoms with Crippen molar-refractivity contribution in [1.82, 2.24) is 9.97 Å².